The van der Waals surface area contributed by atoms with Crippen LogP contribution < -0.4 is 0 Å². The Bertz CT molecular complexity index is 856. The molecule has 1 nitrogen and oxygen atoms in total. The molecule has 3 aromatic carbocycles. The topological polar surface area (TPSA) is 20.2 Å². The monoisotopic (exact) mass is 618 g/mol. The van der Waals surface area contributed by atoms with Crippen LogP contribution in [0.2, 0.25) is 0 Å². The van der Waals surface area contributed by atoms with E-state index >= 15 is 0 Å². The number of aryl methyl sites for hydroxylation is 2. The molecule has 0 fully saturated rings. The second-order valence-electron chi connectivity index (χ2n) is 5.80. The Morgan fingerprint density at radius 1 is 0.767 bits per heavy atom. The normalized spacial score (nSPS) is 9.47. The number of benzene rings is 3. The van der Waals surface area contributed by atoms with Crippen molar-refractivity contribution in [1.82, 2.24) is 0 Å². The Kier molecular flexibility index (Phi) is 15.9. The fraction of sp³-hybridized carbons (Fsp3) is 0.217. The number of aliphatic hydroxyl groups is 1. The van der Waals surface area contributed by atoms with Crippen molar-refractivity contribution >= 4 is 31.9 Å². The number of hydrogen-bond acceptors (Lipinski definition) is 1. The molecule has 0 bridgehead atoms. The van der Waals surface area contributed by atoms with Gasteiger partial charge in [0.1, 0.15) is 11.6 Å². The van der Waals surface area contributed by atoms with Crippen LogP contribution in [0.25, 0.3) is 0 Å². The van der Waals surface area contributed by atoms with Gasteiger partial charge in [-0.2, -0.15) is 18.2 Å². The van der Waals surface area contributed by atoms with Crippen LogP contribution in [0.1, 0.15) is 30.5 Å². The van der Waals surface area contributed by atoms with Gasteiger partial charge in [0.05, 0.1) is 15.6 Å². The van der Waals surface area contributed by atoms with E-state index in [1.165, 1.54) is 0 Å². The predicted octanol–water partition coefficient (Wildman–Crippen LogP) is 7.42. The molecular formula is C23H22Br2F3OY-. The molecule has 0 saturated carbocycles. The zero-order valence-corrected chi connectivity index (χ0v) is 22.7. The van der Waals surface area contributed by atoms with E-state index in [4.69, 9.17) is 5.11 Å². The Morgan fingerprint density at radius 3 is 1.60 bits per heavy atom. The largest absolute Gasteiger partial charge is 0.392 e. The van der Waals surface area contributed by atoms with Crippen molar-refractivity contribution in [2.75, 3.05) is 0 Å². The maximum atomic E-state index is 13.0. The Morgan fingerprint density at radius 2 is 1.23 bits per heavy atom. The molecular weight excluding hydrogens is 598 g/mol. The van der Waals surface area contributed by atoms with Crippen LogP contribution in [0.15, 0.2) is 63.5 Å². The van der Waals surface area contributed by atoms with Crippen molar-refractivity contribution in [3.8, 4) is 0 Å². The summed E-state index contributed by atoms with van der Waals surface area (Å²) in [7, 11) is 0. The second-order valence-corrected chi connectivity index (χ2v) is 7.51. The average Bonchev–Trinajstić information content (AvgIpc) is 2.73. The molecule has 0 aliphatic carbocycles. The van der Waals surface area contributed by atoms with E-state index in [1.807, 2.05) is 19.9 Å². The first-order chi connectivity index (χ1) is 13.8. The molecule has 7 heteroatoms. The summed E-state index contributed by atoms with van der Waals surface area (Å²) < 4.78 is 39.2. The molecule has 0 spiro atoms. The van der Waals surface area contributed by atoms with E-state index < -0.39 is 0 Å². The number of rotatable bonds is 3. The van der Waals surface area contributed by atoms with E-state index in [-0.39, 0.29) is 56.8 Å². The van der Waals surface area contributed by atoms with Gasteiger partial charge < -0.3 is 5.11 Å². The molecule has 0 heterocycles. The van der Waals surface area contributed by atoms with Crippen LogP contribution in [0.4, 0.5) is 13.2 Å². The van der Waals surface area contributed by atoms with Gasteiger partial charge in [-0.05, 0) is 56.0 Å². The van der Waals surface area contributed by atoms with Gasteiger partial charge in [0, 0.05) is 44.1 Å². The fourth-order valence-corrected chi connectivity index (χ4v) is 3.03. The van der Waals surface area contributed by atoms with Crippen LogP contribution in [0.3, 0.4) is 0 Å². The third-order valence-corrected chi connectivity index (χ3v) is 5.11. The fourth-order valence-electron chi connectivity index (χ4n) is 2.22. The molecule has 0 unspecified atom stereocenters. The van der Waals surface area contributed by atoms with Crippen LogP contribution in [-0.4, -0.2) is 5.11 Å². The summed E-state index contributed by atoms with van der Waals surface area (Å²) in [6, 6.07) is 17.8. The van der Waals surface area contributed by atoms with Gasteiger partial charge in [0.25, 0.3) is 0 Å². The van der Waals surface area contributed by atoms with E-state index in [9.17, 15) is 13.2 Å². The number of aliphatic hydroxyl groups excluding tert-OH is 1. The standard InChI is InChI=1S/C8H8BrF.C8H8F.C7H6BrFO.Y/c1-2-6-4-3-5-7(9)8(6)10;1-2-7-5-3-4-6-8(7)9;8-6-3-1-2-5(4-10)7(6)9;/h3-5H,2H2,1H3;3-5H,2H2,1H3;1-3,10H,4H2;/q;-1;;. The van der Waals surface area contributed by atoms with Crippen molar-refractivity contribution in [2.24, 2.45) is 0 Å². The minimum atomic E-state index is -0.384. The molecule has 3 aromatic rings. The molecule has 0 saturated heterocycles. The van der Waals surface area contributed by atoms with E-state index in [0.717, 1.165) is 24.0 Å². The molecule has 30 heavy (non-hydrogen) atoms. The molecule has 0 amide bonds. The third kappa shape index (κ3) is 9.74. The zero-order valence-electron chi connectivity index (χ0n) is 16.7. The van der Waals surface area contributed by atoms with Gasteiger partial charge in [-0.25, -0.2) is 13.2 Å². The van der Waals surface area contributed by atoms with Crippen molar-refractivity contribution in [3.05, 3.63) is 104 Å². The van der Waals surface area contributed by atoms with E-state index in [2.05, 4.69) is 37.9 Å². The van der Waals surface area contributed by atoms with Crippen LogP contribution >= 0.6 is 31.9 Å². The molecule has 0 aliphatic rings. The first kappa shape index (κ1) is 29.5. The molecule has 3 rings (SSSR count). The van der Waals surface area contributed by atoms with Gasteiger partial charge in [-0.1, -0.05) is 44.5 Å². The van der Waals surface area contributed by atoms with Gasteiger partial charge in [-0.3, -0.25) is 0 Å². The van der Waals surface area contributed by atoms with Gasteiger partial charge in [-0.15, -0.1) is 11.6 Å². The average molecular weight is 620 g/mol. The minimum absolute atomic E-state index is 0. The molecule has 0 aliphatic heterocycles. The zero-order chi connectivity index (χ0) is 21.8. The number of hydrogen-bond donors (Lipinski definition) is 1. The molecule has 1 radical (unpaired) electrons. The molecule has 0 atom stereocenters. The predicted molar refractivity (Wildman–Crippen MR) is 118 cm³/mol. The molecule has 1 N–H and O–H groups in total. The van der Waals surface area contributed by atoms with Crippen LogP contribution in [0, 0.1) is 23.5 Å². The molecule has 159 valence electrons. The van der Waals surface area contributed by atoms with Crippen molar-refractivity contribution in [3.63, 3.8) is 0 Å². The second kappa shape index (κ2) is 16.2. The maximum Gasteiger partial charge on any atom is 0.142 e. The maximum absolute atomic E-state index is 13.0. The van der Waals surface area contributed by atoms with E-state index in [0.29, 0.717) is 14.5 Å². The Balaban J connectivity index is 0.000000414. The Hall–Kier alpha value is -0.526. The number of halogens is 5. The van der Waals surface area contributed by atoms with Crippen molar-refractivity contribution in [1.29, 1.82) is 0 Å². The summed E-state index contributed by atoms with van der Waals surface area (Å²) in [6.45, 7) is 3.60. The van der Waals surface area contributed by atoms with Crippen molar-refractivity contribution < 1.29 is 51.0 Å². The first-order valence-corrected chi connectivity index (χ1v) is 10.6. The molecule has 0 aromatic heterocycles. The quantitative estimate of drug-likeness (QED) is 0.303. The van der Waals surface area contributed by atoms with Gasteiger partial charge in [0.2, 0.25) is 0 Å². The van der Waals surface area contributed by atoms with Gasteiger partial charge in [0.15, 0.2) is 0 Å². The third-order valence-electron chi connectivity index (χ3n) is 3.88. The van der Waals surface area contributed by atoms with Crippen LogP contribution in [-0.2, 0) is 52.2 Å². The van der Waals surface area contributed by atoms with Crippen LogP contribution in [0.5, 0.6) is 0 Å². The summed E-state index contributed by atoms with van der Waals surface area (Å²) >= 11 is 6.11. The Labute approximate surface area is 218 Å². The smallest absolute Gasteiger partial charge is 0.142 e. The summed E-state index contributed by atoms with van der Waals surface area (Å²) in [6.07, 6.45) is 1.48. The summed E-state index contributed by atoms with van der Waals surface area (Å²) in [5, 5.41) is 8.58. The summed E-state index contributed by atoms with van der Waals surface area (Å²) in [5.41, 5.74) is 1.81. The van der Waals surface area contributed by atoms with E-state index in [1.54, 1.807) is 48.5 Å². The summed E-state index contributed by atoms with van der Waals surface area (Å²) in [5.74, 6) is -0.741. The first-order valence-electron chi connectivity index (χ1n) is 8.97. The van der Waals surface area contributed by atoms with Crippen molar-refractivity contribution in [2.45, 2.75) is 33.3 Å². The SMILES string of the molecule is CCc1ccc[c-]c1F.CCc1cccc(Br)c1F.OCc1cccc(Br)c1F.[Y]. The van der Waals surface area contributed by atoms with Gasteiger partial charge >= 0.3 is 0 Å². The summed E-state index contributed by atoms with van der Waals surface area (Å²) in [4.78, 5) is 0. The minimum Gasteiger partial charge on any atom is -0.392 e.